The second kappa shape index (κ2) is 5.27. The van der Waals surface area contributed by atoms with Crippen molar-refractivity contribution in [3.63, 3.8) is 0 Å². The third kappa shape index (κ3) is 2.13. The highest BCUT2D eigenvalue weighted by molar-refractivity contribution is 7.20. The summed E-state index contributed by atoms with van der Waals surface area (Å²) in [5, 5.41) is 13.3. The van der Waals surface area contributed by atoms with Gasteiger partial charge in [0.1, 0.15) is 0 Å². The van der Waals surface area contributed by atoms with Crippen molar-refractivity contribution >= 4 is 27.1 Å². The van der Waals surface area contributed by atoms with Crippen LogP contribution in [0.4, 0.5) is 0 Å². The Hall–Kier alpha value is -1.75. The molecule has 0 unspecified atom stereocenters. The highest BCUT2D eigenvalue weighted by Crippen LogP contribution is 2.36. The molecule has 0 aliphatic heterocycles. The van der Waals surface area contributed by atoms with Gasteiger partial charge in [0, 0.05) is 10.8 Å². The maximum atomic E-state index is 8.95. The Labute approximate surface area is 109 Å². The number of nitrogens with zero attached hydrogens (tertiary/aromatic N) is 1. The highest BCUT2D eigenvalue weighted by Gasteiger charge is 2.11. The lowest BCUT2D eigenvalue weighted by Gasteiger charge is -2.06. The molecule has 2 aromatic rings. The van der Waals surface area contributed by atoms with E-state index >= 15 is 0 Å². The fourth-order valence-corrected chi connectivity index (χ4v) is 2.93. The van der Waals surface area contributed by atoms with E-state index in [-0.39, 0.29) is 0 Å². The first-order chi connectivity index (χ1) is 8.73. The van der Waals surface area contributed by atoms with E-state index in [1.54, 1.807) is 25.6 Å². The lowest BCUT2D eigenvalue weighted by Crippen LogP contribution is -1.94. The van der Waals surface area contributed by atoms with Gasteiger partial charge in [0.05, 0.1) is 24.8 Å². The number of rotatable bonds is 4. The van der Waals surface area contributed by atoms with E-state index in [2.05, 4.69) is 5.16 Å². The third-order valence-corrected chi connectivity index (χ3v) is 3.91. The molecule has 1 heterocycles. The van der Waals surface area contributed by atoms with E-state index in [0.717, 1.165) is 15.0 Å². The Bertz CT molecular complexity index is 548. The van der Waals surface area contributed by atoms with E-state index in [9.17, 15) is 0 Å². The number of oxime groups is 1. The average Bonchev–Trinajstić information content (AvgIpc) is 2.80. The second-order valence-corrected chi connectivity index (χ2v) is 4.84. The summed E-state index contributed by atoms with van der Waals surface area (Å²) < 4.78 is 11.6. The second-order valence-electron chi connectivity index (χ2n) is 3.76. The SMILES string of the molecule is CC/C(=N/O)c1cc2cc(OC)c(OC)cc2s1. The Kier molecular flexibility index (Phi) is 3.72. The zero-order valence-corrected chi connectivity index (χ0v) is 11.4. The topological polar surface area (TPSA) is 51.1 Å². The number of methoxy groups -OCH3 is 2. The molecule has 0 spiro atoms. The van der Waals surface area contributed by atoms with Gasteiger partial charge in [-0.1, -0.05) is 12.1 Å². The third-order valence-electron chi connectivity index (χ3n) is 2.76. The minimum atomic E-state index is 0.689. The number of thiophene rings is 1. The summed E-state index contributed by atoms with van der Waals surface area (Å²) in [5.74, 6) is 1.41. The van der Waals surface area contributed by atoms with E-state index in [4.69, 9.17) is 14.7 Å². The van der Waals surface area contributed by atoms with Crippen LogP contribution in [0.1, 0.15) is 18.2 Å². The number of benzene rings is 1. The molecule has 2 rings (SSSR count). The molecule has 1 N–H and O–H groups in total. The zero-order valence-electron chi connectivity index (χ0n) is 10.6. The Balaban J connectivity index is 2.58. The largest absolute Gasteiger partial charge is 0.493 e. The smallest absolute Gasteiger partial charge is 0.162 e. The molecule has 96 valence electrons. The van der Waals surface area contributed by atoms with Gasteiger partial charge in [0.2, 0.25) is 0 Å². The van der Waals surface area contributed by atoms with Gasteiger partial charge < -0.3 is 14.7 Å². The van der Waals surface area contributed by atoms with E-state index in [1.807, 2.05) is 25.1 Å². The zero-order chi connectivity index (χ0) is 13.1. The van der Waals surface area contributed by atoms with Crippen molar-refractivity contribution in [3.8, 4) is 11.5 Å². The summed E-state index contributed by atoms with van der Waals surface area (Å²) in [5.41, 5.74) is 0.689. The first-order valence-electron chi connectivity index (χ1n) is 5.60. The predicted octanol–water partition coefficient (Wildman–Crippen LogP) is 3.51. The van der Waals surface area contributed by atoms with Crippen LogP contribution in [0, 0.1) is 0 Å². The molecule has 0 fully saturated rings. The van der Waals surface area contributed by atoms with Crippen LogP contribution < -0.4 is 9.47 Å². The summed E-state index contributed by atoms with van der Waals surface area (Å²) in [4.78, 5) is 0.963. The first-order valence-corrected chi connectivity index (χ1v) is 6.42. The molecule has 1 aromatic heterocycles. The van der Waals surface area contributed by atoms with Gasteiger partial charge in [-0.05, 0) is 23.9 Å². The minimum Gasteiger partial charge on any atom is -0.493 e. The highest BCUT2D eigenvalue weighted by atomic mass is 32.1. The van der Waals surface area contributed by atoms with Crippen LogP contribution in [-0.4, -0.2) is 25.1 Å². The molecule has 0 radical (unpaired) electrons. The monoisotopic (exact) mass is 265 g/mol. The molecule has 0 bridgehead atoms. The van der Waals surface area contributed by atoms with Crippen LogP contribution >= 0.6 is 11.3 Å². The molecule has 0 saturated heterocycles. The van der Waals surface area contributed by atoms with Crippen LogP contribution in [0.25, 0.3) is 10.1 Å². The van der Waals surface area contributed by atoms with Crippen molar-refractivity contribution in [1.29, 1.82) is 0 Å². The van der Waals surface area contributed by atoms with Gasteiger partial charge in [0.15, 0.2) is 11.5 Å². The lowest BCUT2D eigenvalue weighted by molar-refractivity contribution is 0.318. The first kappa shape index (κ1) is 12.7. The Morgan fingerprint density at radius 1 is 1.22 bits per heavy atom. The van der Waals surface area contributed by atoms with Crippen molar-refractivity contribution in [3.05, 3.63) is 23.1 Å². The van der Waals surface area contributed by atoms with E-state index < -0.39 is 0 Å². The molecule has 0 amide bonds. The van der Waals surface area contributed by atoms with Gasteiger partial charge in [-0.3, -0.25) is 0 Å². The minimum absolute atomic E-state index is 0.689. The maximum Gasteiger partial charge on any atom is 0.162 e. The van der Waals surface area contributed by atoms with Crippen LogP contribution in [0.5, 0.6) is 11.5 Å². The molecule has 0 saturated carbocycles. The van der Waals surface area contributed by atoms with Crippen molar-refractivity contribution in [2.75, 3.05) is 14.2 Å². The molecule has 4 nitrogen and oxygen atoms in total. The summed E-state index contributed by atoms with van der Waals surface area (Å²) in [6, 6.07) is 5.87. The average molecular weight is 265 g/mol. The standard InChI is InChI=1S/C13H15NO3S/c1-4-9(14-15)13-6-8-5-10(16-2)11(17-3)7-12(8)18-13/h5-7,15H,4H2,1-3H3/b14-9-. The van der Waals surface area contributed by atoms with Crippen LogP contribution in [0.3, 0.4) is 0 Å². The molecule has 0 aliphatic rings. The van der Waals surface area contributed by atoms with Gasteiger partial charge in [-0.15, -0.1) is 11.3 Å². The van der Waals surface area contributed by atoms with Gasteiger partial charge in [-0.25, -0.2) is 0 Å². The van der Waals surface area contributed by atoms with Crippen molar-refractivity contribution < 1.29 is 14.7 Å². The number of hydrogen-bond donors (Lipinski definition) is 1. The quantitative estimate of drug-likeness (QED) is 0.523. The predicted molar refractivity (Wildman–Crippen MR) is 73.5 cm³/mol. The fraction of sp³-hybridized carbons (Fsp3) is 0.308. The van der Waals surface area contributed by atoms with Crippen LogP contribution in [0.2, 0.25) is 0 Å². The van der Waals surface area contributed by atoms with Crippen LogP contribution in [-0.2, 0) is 0 Å². The molecule has 1 aromatic carbocycles. The summed E-state index contributed by atoms with van der Waals surface area (Å²) >= 11 is 1.58. The van der Waals surface area contributed by atoms with Crippen molar-refractivity contribution in [1.82, 2.24) is 0 Å². The van der Waals surface area contributed by atoms with E-state index in [0.29, 0.717) is 23.6 Å². The molecule has 5 heteroatoms. The van der Waals surface area contributed by atoms with Gasteiger partial charge in [-0.2, -0.15) is 0 Å². The van der Waals surface area contributed by atoms with Crippen molar-refractivity contribution in [2.24, 2.45) is 5.16 Å². The fourth-order valence-electron chi connectivity index (χ4n) is 1.80. The summed E-state index contributed by atoms with van der Waals surface area (Å²) in [7, 11) is 3.23. The lowest BCUT2D eigenvalue weighted by atomic mass is 10.2. The normalized spacial score (nSPS) is 11.8. The van der Waals surface area contributed by atoms with Gasteiger partial charge in [0.25, 0.3) is 0 Å². The molecule has 0 atom stereocenters. The molecular formula is C13H15NO3S. The maximum absolute atomic E-state index is 8.95. The Morgan fingerprint density at radius 2 is 1.89 bits per heavy atom. The summed E-state index contributed by atoms with van der Waals surface area (Å²) in [6.07, 6.45) is 0.692. The summed E-state index contributed by atoms with van der Waals surface area (Å²) in [6.45, 7) is 1.96. The van der Waals surface area contributed by atoms with Gasteiger partial charge >= 0.3 is 0 Å². The molecular weight excluding hydrogens is 250 g/mol. The molecule has 18 heavy (non-hydrogen) atoms. The molecule has 0 aliphatic carbocycles. The van der Waals surface area contributed by atoms with E-state index in [1.165, 1.54) is 0 Å². The van der Waals surface area contributed by atoms with Crippen LogP contribution in [0.15, 0.2) is 23.4 Å². The number of ether oxygens (including phenoxy) is 2. The Morgan fingerprint density at radius 3 is 2.44 bits per heavy atom. The number of fused-ring (bicyclic) bond motifs is 1. The van der Waals surface area contributed by atoms with Crippen molar-refractivity contribution in [2.45, 2.75) is 13.3 Å². The number of hydrogen-bond acceptors (Lipinski definition) is 5.